The smallest absolute Gasteiger partial charge is 0.340 e. The van der Waals surface area contributed by atoms with Crippen LogP contribution in [0, 0.1) is 0 Å². The molecule has 0 unspecified atom stereocenters. The molecule has 1 saturated carbocycles. The summed E-state index contributed by atoms with van der Waals surface area (Å²) in [6.45, 7) is 2.05. The molecule has 2 rings (SSSR count). The average Bonchev–Trinajstić information content (AvgIpc) is 2.94. The molecule has 1 aliphatic rings. The van der Waals surface area contributed by atoms with Crippen LogP contribution in [-0.4, -0.2) is 46.6 Å². The second-order valence-corrected chi connectivity index (χ2v) is 5.68. The lowest BCUT2D eigenvalue weighted by molar-refractivity contribution is 0.0692. The third-order valence-electron chi connectivity index (χ3n) is 2.67. The van der Waals surface area contributed by atoms with E-state index in [1.54, 1.807) is 6.92 Å². The van der Waals surface area contributed by atoms with Crippen LogP contribution in [0.1, 0.15) is 30.1 Å². The molecule has 7 nitrogen and oxygen atoms in total. The fraction of sp³-hybridized carbons (Fsp3) is 0.556. The summed E-state index contributed by atoms with van der Waals surface area (Å²) in [5, 5.41) is 14.3. The molecule has 0 atom stereocenters. The van der Waals surface area contributed by atoms with Crippen molar-refractivity contribution in [2.45, 2.75) is 30.8 Å². The molecular formula is C9H13N3O4S. The summed E-state index contributed by atoms with van der Waals surface area (Å²) in [6.07, 6.45) is 2.66. The minimum absolute atomic E-state index is 0.00468. The first-order valence-electron chi connectivity index (χ1n) is 5.27. The van der Waals surface area contributed by atoms with Crippen LogP contribution in [0.5, 0.6) is 0 Å². The SMILES string of the molecule is CCN(C1CC1)S(=O)(=O)c1[nH]ncc1C(=O)O. The molecule has 0 radical (unpaired) electrons. The molecule has 1 aromatic heterocycles. The van der Waals surface area contributed by atoms with E-state index < -0.39 is 16.0 Å². The Labute approximate surface area is 98.5 Å². The van der Waals surface area contributed by atoms with Crippen LogP contribution in [0.4, 0.5) is 0 Å². The number of carboxylic acid groups (broad SMARTS) is 1. The van der Waals surface area contributed by atoms with Crippen molar-refractivity contribution in [2.75, 3.05) is 6.54 Å². The van der Waals surface area contributed by atoms with Gasteiger partial charge in [0.15, 0.2) is 5.03 Å². The molecule has 0 bridgehead atoms. The van der Waals surface area contributed by atoms with Crippen LogP contribution in [0.2, 0.25) is 0 Å². The van der Waals surface area contributed by atoms with Crippen molar-refractivity contribution in [2.24, 2.45) is 0 Å². The number of aromatic carboxylic acids is 1. The summed E-state index contributed by atoms with van der Waals surface area (Å²) in [4.78, 5) is 10.9. The van der Waals surface area contributed by atoms with Crippen LogP contribution in [0.25, 0.3) is 0 Å². The van der Waals surface area contributed by atoms with Crippen LogP contribution in [0.15, 0.2) is 11.2 Å². The van der Waals surface area contributed by atoms with E-state index in [1.165, 1.54) is 4.31 Å². The number of H-pyrrole nitrogens is 1. The quantitative estimate of drug-likeness (QED) is 0.790. The Morgan fingerprint density at radius 1 is 1.65 bits per heavy atom. The molecule has 0 aliphatic heterocycles. The van der Waals surface area contributed by atoms with Crippen molar-refractivity contribution < 1.29 is 18.3 Å². The number of aromatic amines is 1. The molecule has 1 fully saturated rings. The van der Waals surface area contributed by atoms with Crippen molar-refractivity contribution in [1.29, 1.82) is 0 Å². The standard InChI is InChI=1S/C9H13N3O4S/c1-2-12(6-3-4-6)17(15,16)8-7(9(13)14)5-10-11-8/h5-6H,2-4H2,1H3,(H,10,11)(H,13,14). The van der Waals surface area contributed by atoms with Crippen molar-refractivity contribution in [1.82, 2.24) is 14.5 Å². The number of nitrogens with zero attached hydrogens (tertiary/aromatic N) is 2. The second-order valence-electron chi connectivity index (χ2n) is 3.86. The molecule has 8 heteroatoms. The van der Waals surface area contributed by atoms with Gasteiger partial charge >= 0.3 is 5.97 Å². The highest BCUT2D eigenvalue weighted by molar-refractivity contribution is 7.89. The maximum absolute atomic E-state index is 12.2. The molecule has 1 heterocycles. The van der Waals surface area contributed by atoms with Gasteiger partial charge in [0.2, 0.25) is 0 Å². The Bertz CT molecular complexity index is 532. The summed E-state index contributed by atoms with van der Waals surface area (Å²) in [5.74, 6) is -1.30. The predicted molar refractivity (Wildman–Crippen MR) is 58.1 cm³/mol. The van der Waals surface area contributed by atoms with Gasteiger partial charge in [-0.1, -0.05) is 6.92 Å². The summed E-state index contributed by atoms with van der Waals surface area (Å²) in [5.41, 5.74) is -0.316. The molecule has 1 aliphatic carbocycles. The van der Waals surface area contributed by atoms with E-state index in [4.69, 9.17) is 5.11 Å². The van der Waals surface area contributed by atoms with E-state index in [1.807, 2.05) is 0 Å². The van der Waals surface area contributed by atoms with Crippen molar-refractivity contribution in [3.63, 3.8) is 0 Å². The number of hydrogen-bond donors (Lipinski definition) is 2. The van der Waals surface area contributed by atoms with Gasteiger partial charge in [-0.3, -0.25) is 5.10 Å². The zero-order valence-corrected chi connectivity index (χ0v) is 10.1. The van der Waals surface area contributed by atoms with Gasteiger partial charge in [0, 0.05) is 12.6 Å². The van der Waals surface area contributed by atoms with Gasteiger partial charge in [-0.05, 0) is 12.8 Å². The Morgan fingerprint density at radius 3 is 2.76 bits per heavy atom. The van der Waals surface area contributed by atoms with E-state index in [0.29, 0.717) is 6.54 Å². The Hall–Kier alpha value is -1.41. The average molecular weight is 259 g/mol. The topological polar surface area (TPSA) is 103 Å². The molecule has 2 N–H and O–H groups in total. The summed E-state index contributed by atoms with van der Waals surface area (Å²) in [7, 11) is -3.79. The maximum atomic E-state index is 12.2. The number of carboxylic acids is 1. The first-order valence-corrected chi connectivity index (χ1v) is 6.71. The summed E-state index contributed by atoms with van der Waals surface area (Å²) in [6, 6.07) is -0.00468. The van der Waals surface area contributed by atoms with E-state index in [9.17, 15) is 13.2 Å². The number of rotatable bonds is 5. The minimum atomic E-state index is -3.79. The highest BCUT2D eigenvalue weighted by Crippen LogP contribution is 2.31. The summed E-state index contributed by atoms with van der Waals surface area (Å²) < 4.78 is 25.8. The minimum Gasteiger partial charge on any atom is -0.478 e. The molecule has 17 heavy (non-hydrogen) atoms. The first kappa shape index (κ1) is 12.1. The molecule has 0 spiro atoms. The molecular weight excluding hydrogens is 246 g/mol. The van der Waals surface area contributed by atoms with Gasteiger partial charge in [0.1, 0.15) is 5.56 Å². The second kappa shape index (κ2) is 4.11. The highest BCUT2D eigenvalue weighted by atomic mass is 32.2. The largest absolute Gasteiger partial charge is 0.478 e. The monoisotopic (exact) mass is 259 g/mol. The highest BCUT2D eigenvalue weighted by Gasteiger charge is 2.39. The molecule has 0 amide bonds. The van der Waals surface area contributed by atoms with Crippen LogP contribution >= 0.6 is 0 Å². The van der Waals surface area contributed by atoms with E-state index in [0.717, 1.165) is 19.0 Å². The van der Waals surface area contributed by atoms with Gasteiger partial charge in [-0.2, -0.15) is 9.40 Å². The zero-order valence-electron chi connectivity index (χ0n) is 9.25. The van der Waals surface area contributed by atoms with Gasteiger partial charge in [-0.25, -0.2) is 13.2 Å². The lowest BCUT2D eigenvalue weighted by Gasteiger charge is -2.18. The van der Waals surface area contributed by atoms with Gasteiger partial charge in [-0.15, -0.1) is 0 Å². The third kappa shape index (κ3) is 2.05. The molecule has 0 aromatic carbocycles. The molecule has 0 saturated heterocycles. The fourth-order valence-corrected chi connectivity index (χ4v) is 3.49. The number of hydrogen-bond acceptors (Lipinski definition) is 4. The predicted octanol–water partition coefficient (Wildman–Crippen LogP) is 0.281. The van der Waals surface area contributed by atoms with Gasteiger partial charge < -0.3 is 5.11 Å². The normalized spacial score (nSPS) is 16.4. The Kier molecular flexibility index (Phi) is 2.92. The third-order valence-corrected chi connectivity index (χ3v) is 4.67. The lowest BCUT2D eigenvalue weighted by Crippen LogP contribution is -2.34. The maximum Gasteiger partial charge on any atom is 0.340 e. The van der Waals surface area contributed by atoms with Crippen molar-refractivity contribution in [3.05, 3.63) is 11.8 Å². The van der Waals surface area contributed by atoms with Gasteiger partial charge in [0.05, 0.1) is 6.20 Å². The fourth-order valence-electron chi connectivity index (χ4n) is 1.73. The number of sulfonamides is 1. The first-order chi connectivity index (χ1) is 7.98. The van der Waals surface area contributed by atoms with Gasteiger partial charge in [0.25, 0.3) is 10.0 Å². The van der Waals surface area contributed by atoms with E-state index in [2.05, 4.69) is 10.2 Å². The Balaban J connectivity index is 2.43. The zero-order chi connectivity index (χ0) is 12.6. The molecule has 1 aromatic rings. The number of carbonyl (C=O) groups is 1. The van der Waals surface area contributed by atoms with Crippen LogP contribution in [0.3, 0.4) is 0 Å². The van der Waals surface area contributed by atoms with Crippen molar-refractivity contribution >= 4 is 16.0 Å². The lowest BCUT2D eigenvalue weighted by atomic mass is 10.4. The van der Waals surface area contributed by atoms with Crippen LogP contribution in [-0.2, 0) is 10.0 Å². The number of nitrogens with one attached hydrogen (secondary N) is 1. The Morgan fingerprint density at radius 2 is 2.29 bits per heavy atom. The van der Waals surface area contributed by atoms with E-state index >= 15 is 0 Å². The van der Waals surface area contributed by atoms with Crippen LogP contribution < -0.4 is 0 Å². The number of aromatic nitrogens is 2. The summed E-state index contributed by atoms with van der Waals surface area (Å²) >= 11 is 0. The van der Waals surface area contributed by atoms with E-state index in [-0.39, 0.29) is 16.6 Å². The van der Waals surface area contributed by atoms with Crippen molar-refractivity contribution in [3.8, 4) is 0 Å². The molecule has 94 valence electrons.